The van der Waals surface area contributed by atoms with Crippen LogP contribution in [0.1, 0.15) is 17.3 Å². The van der Waals surface area contributed by atoms with Gasteiger partial charge in [-0.2, -0.15) is 18.2 Å². The van der Waals surface area contributed by atoms with Crippen LogP contribution < -0.4 is 5.32 Å². The zero-order chi connectivity index (χ0) is 14.6. The summed E-state index contributed by atoms with van der Waals surface area (Å²) in [5, 5.41) is 6.73. The van der Waals surface area contributed by atoms with Crippen LogP contribution in [0.2, 0.25) is 0 Å². The van der Waals surface area contributed by atoms with Crippen LogP contribution in [0.25, 0.3) is 0 Å². The monoisotopic (exact) mass is 303 g/mol. The summed E-state index contributed by atoms with van der Waals surface area (Å²) in [5.74, 6) is 1.04. The zero-order valence-electron chi connectivity index (χ0n) is 10.6. The first-order valence-corrected chi connectivity index (χ1v) is 6.58. The van der Waals surface area contributed by atoms with Crippen molar-refractivity contribution in [3.05, 3.63) is 41.5 Å². The van der Waals surface area contributed by atoms with Crippen LogP contribution in [0, 0.1) is 6.92 Å². The van der Waals surface area contributed by atoms with E-state index in [4.69, 9.17) is 4.52 Å². The first kappa shape index (κ1) is 14.9. The Labute approximate surface area is 117 Å². The third-order valence-corrected chi connectivity index (χ3v) is 3.07. The predicted octanol–water partition coefficient (Wildman–Crippen LogP) is 3.28. The molecule has 0 aliphatic heterocycles. The van der Waals surface area contributed by atoms with Crippen molar-refractivity contribution in [3.63, 3.8) is 0 Å². The minimum atomic E-state index is -4.25. The first-order chi connectivity index (χ1) is 9.42. The second-order valence-corrected chi connectivity index (χ2v) is 5.17. The highest BCUT2D eigenvalue weighted by molar-refractivity contribution is 8.00. The Morgan fingerprint density at radius 3 is 2.45 bits per heavy atom. The number of thioether (sulfide) groups is 1. The van der Waals surface area contributed by atoms with Crippen LogP contribution in [-0.4, -0.2) is 15.6 Å². The summed E-state index contributed by atoms with van der Waals surface area (Å²) >= 11 is -0.121. The van der Waals surface area contributed by atoms with Crippen LogP contribution in [0.5, 0.6) is 0 Å². The lowest BCUT2D eigenvalue weighted by atomic mass is 10.2. The summed E-state index contributed by atoms with van der Waals surface area (Å²) in [5.41, 5.74) is -3.37. The van der Waals surface area contributed by atoms with Crippen LogP contribution in [0.3, 0.4) is 0 Å². The lowest BCUT2D eigenvalue weighted by molar-refractivity contribution is -0.0328. The van der Waals surface area contributed by atoms with Crippen molar-refractivity contribution in [3.8, 4) is 0 Å². The van der Waals surface area contributed by atoms with Gasteiger partial charge in [0, 0.05) is 11.4 Å². The molecule has 0 atom stereocenters. The van der Waals surface area contributed by atoms with Gasteiger partial charge in [0.1, 0.15) is 0 Å². The molecular formula is C12H12F3N3OS. The van der Waals surface area contributed by atoms with Crippen LogP contribution in [0.4, 0.5) is 13.2 Å². The van der Waals surface area contributed by atoms with E-state index in [9.17, 15) is 13.2 Å². The Bertz CT molecular complexity index is 554. The number of hydrogen-bond donors (Lipinski definition) is 1. The minimum absolute atomic E-state index is 0.121. The Morgan fingerprint density at radius 2 is 1.90 bits per heavy atom. The van der Waals surface area contributed by atoms with E-state index in [1.807, 2.05) is 0 Å². The summed E-state index contributed by atoms with van der Waals surface area (Å²) in [6.45, 7) is 2.66. The number of nitrogens with one attached hydrogen (secondary N) is 1. The maximum absolute atomic E-state index is 12.2. The van der Waals surface area contributed by atoms with E-state index in [-0.39, 0.29) is 16.7 Å². The molecule has 2 aromatic rings. The average Bonchev–Trinajstić information content (AvgIpc) is 2.75. The van der Waals surface area contributed by atoms with Crippen LogP contribution >= 0.6 is 11.8 Å². The average molecular weight is 303 g/mol. The van der Waals surface area contributed by atoms with Gasteiger partial charge in [0.15, 0.2) is 5.82 Å². The quantitative estimate of drug-likeness (QED) is 0.859. The minimum Gasteiger partial charge on any atom is -0.338 e. The molecular weight excluding hydrogens is 291 g/mol. The number of hydrogen-bond acceptors (Lipinski definition) is 5. The first-order valence-electron chi connectivity index (χ1n) is 5.77. The Hall–Kier alpha value is -1.54. The molecule has 0 saturated heterocycles. The van der Waals surface area contributed by atoms with Gasteiger partial charge in [-0.15, -0.1) is 0 Å². The fourth-order valence-corrected chi connectivity index (χ4v) is 2.07. The molecule has 1 aromatic carbocycles. The van der Waals surface area contributed by atoms with Gasteiger partial charge in [0.25, 0.3) is 0 Å². The van der Waals surface area contributed by atoms with E-state index in [1.54, 1.807) is 19.1 Å². The number of alkyl halides is 3. The van der Waals surface area contributed by atoms with E-state index in [1.165, 1.54) is 12.1 Å². The molecule has 0 amide bonds. The second kappa shape index (κ2) is 6.27. The fourth-order valence-electron chi connectivity index (χ4n) is 1.53. The fraction of sp³-hybridized carbons (Fsp3) is 0.333. The highest BCUT2D eigenvalue weighted by Gasteiger charge is 2.28. The predicted molar refractivity (Wildman–Crippen MR) is 67.9 cm³/mol. The van der Waals surface area contributed by atoms with Gasteiger partial charge in [-0.25, -0.2) is 0 Å². The van der Waals surface area contributed by atoms with Crippen molar-refractivity contribution in [1.82, 2.24) is 15.5 Å². The van der Waals surface area contributed by atoms with Gasteiger partial charge in [-0.3, -0.25) is 0 Å². The molecule has 1 aromatic heterocycles. The molecule has 0 aliphatic carbocycles. The van der Waals surface area contributed by atoms with Crippen LogP contribution in [0.15, 0.2) is 33.7 Å². The SMILES string of the molecule is Cc1noc(CNCc2ccc(SC(F)(F)F)cc2)n1. The van der Waals surface area contributed by atoms with Crippen molar-refractivity contribution in [2.45, 2.75) is 30.4 Å². The summed E-state index contributed by atoms with van der Waals surface area (Å²) < 4.78 is 41.4. The van der Waals surface area contributed by atoms with Crippen molar-refractivity contribution < 1.29 is 17.7 Å². The second-order valence-electron chi connectivity index (χ2n) is 4.03. The smallest absolute Gasteiger partial charge is 0.338 e. The van der Waals surface area contributed by atoms with E-state index >= 15 is 0 Å². The van der Waals surface area contributed by atoms with Gasteiger partial charge in [0.2, 0.25) is 5.89 Å². The Kier molecular flexibility index (Phi) is 4.66. The molecule has 1 heterocycles. The molecule has 0 saturated carbocycles. The molecule has 0 fully saturated rings. The van der Waals surface area contributed by atoms with E-state index in [0.717, 1.165) is 5.56 Å². The van der Waals surface area contributed by atoms with Gasteiger partial charge < -0.3 is 9.84 Å². The van der Waals surface area contributed by atoms with E-state index in [2.05, 4.69) is 15.5 Å². The normalized spacial score (nSPS) is 11.8. The topological polar surface area (TPSA) is 51.0 Å². The third kappa shape index (κ3) is 4.86. The largest absolute Gasteiger partial charge is 0.446 e. The zero-order valence-corrected chi connectivity index (χ0v) is 11.4. The van der Waals surface area contributed by atoms with Gasteiger partial charge >= 0.3 is 5.51 Å². The molecule has 0 aliphatic rings. The summed E-state index contributed by atoms with van der Waals surface area (Å²) in [6, 6.07) is 6.21. The van der Waals surface area contributed by atoms with Gasteiger partial charge in [-0.1, -0.05) is 17.3 Å². The molecule has 8 heteroatoms. The molecule has 0 spiro atoms. The standard InChI is InChI=1S/C12H12F3N3OS/c1-8-17-11(19-18-8)7-16-6-9-2-4-10(5-3-9)20-12(13,14)15/h2-5,16H,6-7H2,1H3. The highest BCUT2D eigenvalue weighted by atomic mass is 32.2. The Balaban J connectivity index is 1.82. The molecule has 0 bridgehead atoms. The number of rotatable bonds is 5. The maximum Gasteiger partial charge on any atom is 0.446 e. The molecule has 20 heavy (non-hydrogen) atoms. The summed E-state index contributed by atoms with van der Waals surface area (Å²) in [7, 11) is 0. The van der Waals surface area contributed by atoms with E-state index in [0.29, 0.717) is 24.8 Å². The lowest BCUT2D eigenvalue weighted by Gasteiger charge is -2.06. The molecule has 4 nitrogen and oxygen atoms in total. The lowest BCUT2D eigenvalue weighted by Crippen LogP contribution is -2.12. The third-order valence-electron chi connectivity index (χ3n) is 2.33. The van der Waals surface area contributed by atoms with Crippen LogP contribution in [-0.2, 0) is 13.1 Å². The molecule has 108 valence electrons. The van der Waals surface area contributed by atoms with Gasteiger partial charge in [-0.05, 0) is 36.4 Å². The summed E-state index contributed by atoms with van der Waals surface area (Å²) in [4.78, 5) is 4.20. The Morgan fingerprint density at radius 1 is 1.20 bits per heavy atom. The van der Waals surface area contributed by atoms with Crippen molar-refractivity contribution in [1.29, 1.82) is 0 Å². The number of aromatic nitrogens is 2. The highest BCUT2D eigenvalue weighted by Crippen LogP contribution is 2.36. The van der Waals surface area contributed by atoms with Crippen molar-refractivity contribution in [2.75, 3.05) is 0 Å². The van der Waals surface area contributed by atoms with E-state index < -0.39 is 5.51 Å². The molecule has 2 rings (SSSR count). The number of benzene rings is 1. The molecule has 0 unspecified atom stereocenters. The molecule has 0 radical (unpaired) electrons. The van der Waals surface area contributed by atoms with Gasteiger partial charge in [0.05, 0.1) is 6.54 Å². The number of aryl methyl sites for hydroxylation is 1. The maximum atomic E-state index is 12.2. The summed E-state index contributed by atoms with van der Waals surface area (Å²) in [6.07, 6.45) is 0. The number of halogens is 3. The van der Waals surface area contributed by atoms with Crippen molar-refractivity contribution in [2.24, 2.45) is 0 Å². The number of nitrogens with zero attached hydrogens (tertiary/aromatic N) is 2. The molecule has 1 N–H and O–H groups in total. The van der Waals surface area contributed by atoms with Crippen molar-refractivity contribution >= 4 is 11.8 Å².